The number of carbonyl (C=O) groups is 1. The molecule has 2 heterocycles. The summed E-state index contributed by atoms with van der Waals surface area (Å²) in [7, 11) is 0. The van der Waals surface area contributed by atoms with Crippen molar-refractivity contribution in [3.05, 3.63) is 35.0 Å². The highest BCUT2D eigenvalue weighted by molar-refractivity contribution is 5.96. The molecule has 23 heavy (non-hydrogen) atoms. The maximum Gasteiger partial charge on any atom is 0.275 e. The fourth-order valence-corrected chi connectivity index (χ4v) is 2.85. The van der Waals surface area contributed by atoms with Crippen LogP contribution in [0.4, 0.5) is 5.82 Å². The molecule has 1 aromatic heterocycles. The number of benzene rings is 1. The van der Waals surface area contributed by atoms with Crippen molar-refractivity contribution in [2.24, 2.45) is 0 Å². The van der Waals surface area contributed by atoms with Crippen molar-refractivity contribution in [2.75, 3.05) is 18.9 Å². The monoisotopic (exact) mass is 315 g/mol. The molecule has 1 aliphatic rings. The van der Waals surface area contributed by atoms with Gasteiger partial charge in [-0.2, -0.15) is 4.68 Å². The first kappa shape index (κ1) is 15.5. The highest BCUT2D eigenvalue weighted by Crippen LogP contribution is 2.22. The van der Waals surface area contributed by atoms with Crippen molar-refractivity contribution in [1.82, 2.24) is 20.3 Å². The number of nitrogen functional groups attached to an aromatic ring is 1. The summed E-state index contributed by atoms with van der Waals surface area (Å²) >= 11 is 0. The SMILES string of the molecule is Cc1cccc(C)c1-n1nnc(C(=O)NC[C@@H]2CCCO2)c1N. The van der Waals surface area contributed by atoms with Crippen molar-refractivity contribution in [3.63, 3.8) is 0 Å². The number of aromatic nitrogens is 3. The van der Waals surface area contributed by atoms with Gasteiger partial charge in [-0.05, 0) is 37.8 Å². The van der Waals surface area contributed by atoms with Crippen LogP contribution in [0.25, 0.3) is 5.69 Å². The summed E-state index contributed by atoms with van der Waals surface area (Å²) in [6.07, 6.45) is 2.07. The Morgan fingerprint density at radius 2 is 2.17 bits per heavy atom. The number of nitrogens with two attached hydrogens (primary N) is 1. The Bertz CT molecular complexity index is 699. The number of nitrogens with zero attached hydrogens (tertiary/aromatic N) is 3. The summed E-state index contributed by atoms with van der Waals surface area (Å²) in [6.45, 7) is 5.17. The zero-order valence-electron chi connectivity index (χ0n) is 13.4. The molecule has 0 spiro atoms. The van der Waals surface area contributed by atoms with Gasteiger partial charge in [-0.3, -0.25) is 4.79 Å². The maximum absolute atomic E-state index is 12.3. The van der Waals surface area contributed by atoms with Gasteiger partial charge in [-0.1, -0.05) is 23.4 Å². The topological polar surface area (TPSA) is 95.1 Å². The maximum atomic E-state index is 12.3. The van der Waals surface area contributed by atoms with Gasteiger partial charge in [0.2, 0.25) is 0 Å². The van der Waals surface area contributed by atoms with Crippen molar-refractivity contribution in [1.29, 1.82) is 0 Å². The summed E-state index contributed by atoms with van der Waals surface area (Å²) in [5, 5.41) is 10.8. The average molecular weight is 315 g/mol. The molecule has 0 aliphatic carbocycles. The summed E-state index contributed by atoms with van der Waals surface area (Å²) in [5.74, 6) is -0.0808. The van der Waals surface area contributed by atoms with Crippen LogP contribution in [0.3, 0.4) is 0 Å². The van der Waals surface area contributed by atoms with Crippen LogP contribution in [0.1, 0.15) is 34.5 Å². The van der Waals surface area contributed by atoms with E-state index in [1.54, 1.807) is 0 Å². The summed E-state index contributed by atoms with van der Waals surface area (Å²) in [5.41, 5.74) is 9.15. The number of rotatable bonds is 4. The van der Waals surface area contributed by atoms with Gasteiger partial charge in [0.15, 0.2) is 11.5 Å². The van der Waals surface area contributed by atoms with Crippen LogP contribution in [0.5, 0.6) is 0 Å². The fourth-order valence-electron chi connectivity index (χ4n) is 2.85. The number of hydrogen-bond donors (Lipinski definition) is 2. The second-order valence-electron chi connectivity index (χ2n) is 5.82. The minimum atomic E-state index is -0.324. The highest BCUT2D eigenvalue weighted by Gasteiger charge is 2.22. The van der Waals surface area contributed by atoms with Crippen LogP contribution >= 0.6 is 0 Å². The first-order chi connectivity index (χ1) is 11.1. The number of aryl methyl sites for hydroxylation is 2. The van der Waals surface area contributed by atoms with Gasteiger partial charge < -0.3 is 15.8 Å². The molecule has 2 aromatic rings. The number of carbonyl (C=O) groups excluding carboxylic acids is 1. The number of nitrogens with one attached hydrogen (secondary N) is 1. The van der Waals surface area contributed by atoms with Crippen LogP contribution in [0.15, 0.2) is 18.2 Å². The van der Waals surface area contributed by atoms with E-state index in [2.05, 4.69) is 15.6 Å². The first-order valence-corrected chi connectivity index (χ1v) is 7.75. The Labute approximate surface area is 134 Å². The van der Waals surface area contributed by atoms with Crippen LogP contribution in [-0.2, 0) is 4.74 Å². The lowest BCUT2D eigenvalue weighted by atomic mass is 10.1. The van der Waals surface area contributed by atoms with E-state index in [0.717, 1.165) is 36.3 Å². The van der Waals surface area contributed by atoms with Gasteiger partial charge >= 0.3 is 0 Å². The van der Waals surface area contributed by atoms with E-state index in [0.29, 0.717) is 6.54 Å². The van der Waals surface area contributed by atoms with Gasteiger partial charge in [0.05, 0.1) is 11.8 Å². The quantitative estimate of drug-likeness (QED) is 0.888. The van der Waals surface area contributed by atoms with Crippen LogP contribution in [-0.4, -0.2) is 40.2 Å². The number of para-hydroxylation sites is 1. The molecule has 0 unspecified atom stereocenters. The van der Waals surface area contributed by atoms with E-state index in [1.165, 1.54) is 4.68 Å². The van der Waals surface area contributed by atoms with Crippen molar-refractivity contribution >= 4 is 11.7 Å². The van der Waals surface area contributed by atoms with Gasteiger partial charge in [0.1, 0.15) is 0 Å². The van der Waals surface area contributed by atoms with E-state index < -0.39 is 0 Å². The first-order valence-electron chi connectivity index (χ1n) is 7.75. The van der Waals surface area contributed by atoms with Crippen LogP contribution < -0.4 is 11.1 Å². The molecular formula is C16H21N5O2. The lowest BCUT2D eigenvalue weighted by Gasteiger charge is -2.11. The molecule has 7 nitrogen and oxygen atoms in total. The minimum absolute atomic E-state index is 0.0776. The van der Waals surface area contributed by atoms with Gasteiger partial charge in [0, 0.05) is 13.2 Å². The Morgan fingerprint density at radius 1 is 1.43 bits per heavy atom. The van der Waals surface area contributed by atoms with Crippen molar-refractivity contribution < 1.29 is 9.53 Å². The van der Waals surface area contributed by atoms with Gasteiger partial charge in [-0.15, -0.1) is 5.10 Å². The summed E-state index contributed by atoms with van der Waals surface area (Å²) in [6, 6.07) is 5.91. The molecule has 3 rings (SSSR count). The Kier molecular flexibility index (Phi) is 4.29. The molecule has 1 amide bonds. The summed E-state index contributed by atoms with van der Waals surface area (Å²) in [4.78, 5) is 12.3. The molecule has 1 aromatic carbocycles. The van der Waals surface area contributed by atoms with E-state index in [1.807, 2.05) is 32.0 Å². The Morgan fingerprint density at radius 3 is 2.83 bits per heavy atom. The second-order valence-corrected chi connectivity index (χ2v) is 5.82. The fraction of sp³-hybridized carbons (Fsp3) is 0.438. The molecule has 1 aliphatic heterocycles. The number of amides is 1. The normalized spacial score (nSPS) is 17.4. The molecule has 0 saturated carbocycles. The smallest absolute Gasteiger partial charge is 0.275 e. The molecule has 1 saturated heterocycles. The molecule has 7 heteroatoms. The van der Waals surface area contributed by atoms with Crippen molar-refractivity contribution in [2.45, 2.75) is 32.8 Å². The Hall–Kier alpha value is -2.41. The van der Waals surface area contributed by atoms with Gasteiger partial charge in [-0.25, -0.2) is 0 Å². The molecule has 122 valence electrons. The van der Waals surface area contributed by atoms with Gasteiger partial charge in [0.25, 0.3) is 5.91 Å². The largest absolute Gasteiger partial charge is 0.382 e. The summed E-state index contributed by atoms with van der Waals surface area (Å²) < 4.78 is 7.01. The van der Waals surface area contributed by atoms with Crippen LogP contribution in [0.2, 0.25) is 0 Å². The lowest BCUT2D eigenvalue weighted by Crippen LogP contribution is -2.32. The number of ether oxygens (including phenoxy) is 1. The molecule has 0 radical (unpaired) electrons. The van der Waals surface area contributed by atoms with E-state index in [9.17, 15) is 4.79 Å². The zero-order valence-corrected chi connectivity index (χ0v) is 13.4. The third-order valence-corrected chi connectivity index (χ3v) is 4.09. The highest BCUT2D eigenvalue weighted by atomic mass is 16.5. The number of hydrogen-bond acceptors (Lipinski definition) is 5. The van der Waals surface area contributed by atoms with Crippen LogP contribution in [0, 0.1) is 13.8 Å². The molecule has 1 fully saturated rings. The number of anilines is 1. The standard InChI is InChI=1S/C16H21N5O2/c1-10-5-3-6-11(2)14(10)21-15(17)13(19-20-21)16(22)18-9-12-7-4-8-23-12/h3,5-6,12H,4,7-9,17H2,1-2H3,(H,18,22)/t12-/m0/s1. The predicted octanol–water partition coefficient (Wildman–Crippen LogP) is 1.38. The third-order valence-electron chi connectivity index (χ3n) is 4.09. The predicted molar refractivity (Wildman–Crippen MR) is 86.6 cm³/mol. The lowest BCUT2D eigenvalue weighted by molar-refractivity contribution is 0.0854. The molecular weight excluding hydrogens is 294 g/mol. The molecule has 3 N–H and O–H groups in total. The Balaban J connectivity index is 1.80. The van der Waals surface area contributed by atoms with E-state index in [-0.39, 0.29) is 23.5 Å². The zero-order chi connectivity index (χ0) is 16.4. The molecule has 1 atom stereocenters. The minimum Gasteiger partial charge on any atom is -0.382 e. The van der Waals surface area contributed by atoms with E-state index >= 15 is 0 Å². The van der Waals surface area contributed by atoms with Crippen molar-refractivity contribution in [3.8, 4) is 5.69 Å². The second kappa shape index (κ2) is 6.37. The molecule has 0 bridgehead atoms. The van der Waals surface area contributed by atoms with E-state index in [4.69, 9.17) is 10.5 Å². The average Bonchev–Trinajstić information content (AvgIpc) is 3.15. The third kappa shape index (κ3) is 3.05.